The molecular weight excluding hydrogens is 947 g/mol. The molecule has 2 aliphatic rings. The summed E-state index contributed by atoms with van der Waals surface area (Å²) in [5, 5.41) is 4.92. The quantitative estimate of drug-likeness (QED) is 0.150. The zero-order valence-electron chi connectivity index (χ0n) is 41.5. The third-order valence-electron chi connectivity index (χ3n) is 16.2. The molecule has 358 valence electrons. The van der Waals surface area contributed by atoms with Crippen LogP contribution in [-0.4, -0.2) is 0 Å². The molecule has 6 heteroatoms. The first-order valence-electron chi connectivity index (χ1n) is 25.7. The Morgan fingerprint density at radius 3 is 1.14 bits per heavy atom. The van der Waals surface area contributed by atoms with Crippen molar-refractivity contribution in [1.82, 2.24) is 0 Å². The summed E-state index contributed by atoms with van der Waals surface area (Å²) in [6.45, 7) is 9.16. The minimum Gasteiger partial charge on any atom is -0.309 e. The van der Waals surface area contributed by atoms with E-state index in [4.69, 9.17) is 0 Å². The lowest BCUT2D eigenvalue weighted by molar-refractivity contribution is 0.563. The molecule has 12 aromatic rings. The van der Waals surface area contributed by atoms with Gasteiger partial charge in [0.15, 0.2) is 0 Å². The predicted molar refractivity (Wildman–Crippen MR) is 310 cm³/mol. The van der Waals surface area contributed by atoms with E-state index >= 15 is 0 Å². The fourth-order valence-electron chi connectivity index (χ4n) is 12.8. The maximum Gasteiger partial charge on any atom is 0.123 e. The number of halogens is 2. The Balaban J connectivity index is 1.06. The minimum atomic E-state index is -0.657. The van der Waals surface area contributed by atoms with Crippen molar-refractivity contribution in [3.63, 3.8) is 0 Å². The van der Waals surface area contributed by atoms with Gasteiger partial charge in [-0.3, -0.25) is 0 Å². The molecule has 14 rings (SSSR count). The summed E-state index contributed by atoms with van der Waals surface area (Å²) in [4.78, 5) is 4.64. The van der Waals surface area contributed by atoms with Gasteiger partial charge in [-0.15, -0.1) is 22.7 Å². The van der Waals surface area contributed by atoms with Gasteiger partial charge in [-0.25, -0.2) is 8.78 Å². The Kier molecular flexibility index (Phi) is 10.2. The molecule has 0 unspecified atom stereocenters. The highest BCUT2D eigenvalue weighted by Gasteiger charge is 2.53. The van der Waals surface area contributed by atoms with E-state index in [1.54, 1.807) is 24.3 Å². The van der Waals surface area contributed by atoms with Crippen LogP contribution in [0.3, 0.4) is 0 Å². The molecular formula is C68H50F2N2S2. The Morgan fingerprint density at radius 1 is 0.365 bits per heavy atom. The topological polar surface area (TPSA) is 6.48 Å². The molecule has 0 aliphatic heterocycles. The van der Waals surface area contributed by atoms with Crippen LogP contribution in [0.1, 0.15) is 72.2 Å². The number of aryl methyl sites for hydroxylation is 2. The van der Waals surface area contributed by atoms with E-state index in [1.807, 2.05) is 46.9 Å². The summed E-state index contributed by atoms with van der Waals surface area (Å²) < 4.78 is 34.9. The number of rotatable bonds is 8. The van der Waals surface area contributed by atoms with Crippen LogP contribution < -0.4 is 9.80 Å². The fourth-order valence-corrected chi connectivity index (χ4v) is 15.6. The third-order valence-corrected chi connectivity index (χ3v) is 18.9. The molecule has 0 fully saturated rings. The van der Waals surface area contributed by atoms with E-state index < -0.39 is 5.41 Å². The second-order valence-corrected chi connectivity index (χ2v) is 22.4. The van der Waals surface area contributed by atoms with E-state index in [9.17, 15) is 8.78 Å². The van der Waals surface area contributed by atoms with Crippen LogP contribution in [-0.2, 0) is 23.7 Å². The van der Waals surface area contributed by atoms with Crippen LogP contribution in [0.2, 0.25) is 0 Å². The van der Waals surface area contributed by atoms with Gasteiger partial charge >= 0.3 is 0 Å². The lowest BCUT2D eigenvalue weighted by Crippen LogP contribution is -2.40. The molecule has 0 radical (unpaired) electrons. The van der Waals surface area contributed by atoms with Gasteiger partial charge in [0.25, 0.3) is 0 Å². The number of hydrogen-bond acceptors (Lipinski definition) is 4. The normalized spacial score (nSPS) is 13.9. The first kappa shape index (κ1) is 44.8. The van der Waals surface area contributed by atoms with Crippen molar-refractivity contribution in [1.29, 1.82) is 0 Å². The number of anilines is 6. The average Bonchev–Trinajstić information content (AvgIpc) is 4.28. The van der Waals surface area contributed by atoms with Gasteiger partial charge in [0.1, 0.15) is 11.6 Å². The summed E-state index contributed by atoms with van der Waals surface area (Å²) in [6, 6.07) is 72.5. The SMILES string of the molecule is CCc1cccc2c1sc1c(N(c3ccc(F)cc3)c3ccc4c(c3)-c3cc(N(c5ccc(F)cc5)c5cccc6c5sc5c(CC)cccc56)ccc3C43c4ccccc4C(C)(C)c4ccccc43)cccc12. The van der Waals surface area contributed by atoms with Gasteiger partial charge in [0, 0.05) is 59.1 Å². The number of benzene rings is 10. The van der Waals surface area contributed by atoms with Crippen molar-refractivity contribution in [2.45, 2.75) is 51.4 Å². The Morgan fingerprint density at radius 2 is 0.730 bits per heavy atom. The smallest absolute Gasteiger partial charge is 0.123 e. The average molecular weight is 997 g/mol. The molecule has 0 saturated carbocycles. The molecule has 10 aromatic carbocycles. The van der Waals surface area contributed by atoms with Crippen LogP contribution in [0, 0.1) is 11.6 Å². The van der Waals surface area contributed by atoms with E-state index in [-0.39, 0.29) is 17.0 Å². The Bertz CT molecular complexity index is 3970. The van der Waals surface area contributed by atoms with Crippen LogP contribution in [0.25, 0.3) is 51.5 Å². The summed E-state index contributed by atoms with van der Waals surface area (Å²) in [6.07, 6.45) is 1.88. The fraction of sp³-hybridized carbons (Fsp3) is 0.118. The molecule has 2 nitrogen and oxygen atoms in total. The van der Waals surface area contributed by atoms with Crippen molar-refractivity contribution in [2.75, 3.05) is 9.80 Å². The van der Waals surface area contributed by atoms with Crippen LogP contribution in [0.5, 0.6) is 0 Å². The molecule has 2 aromatic heterocycles. The van der Waals surface area contributed by atoms with Crippen LogP contribution in [0.4, 0.5) is 42.9 Å². The van der Waals surface area contributed by atoms with Crippen molar-refractivity contribution < 1.29 is 8.78 Å². The van der Waals surface area contributed by atoms with Gasteiger partial charge in [0.2, 0.25) is 0 Å². The highest BCUT2D eigenvalue weighted by Crippen LogP contribution is 2.64. The molecule has 2 heterocycles. The zero-order valence-corrected chi connectivity index (χ0v) is 43.1. The highest BCUT2D eigenvalue weighted by molar-refractivity contribution is 7.27. The first-order chi connectivity index (χ1) is 36.2. The third kappa shape index (κ3) is 6.37. The second kappa shape index (κ2) is 16.8. The zero-order chi connectivity index (χ0) is 50.0. The van der Waals surface area contributed by atoms with Crippen molar-refractivity contribution in [2.24, 2.45) is 0 Å². The maximum atomic E-state index is 15.0. The molecule has 0 atom stereocenters. The number of thiophene rings is 2. The second-order valence-electron chi connectivity index (χ2n) is 20.4. The van der Waals surface area contributed by atoms with E-state index in [2.05, 4.69) is 195 Å². The summed E-state index contributed by atoms with van der Waals surface area (Å²) >= 11 is 3.68. The Hall–Kier alpha value is -7.90. The largest absolute Gasteiger partial charge is 0.309 e. The first-order valence-corrected chi connectivity index (χ1v) is 27.3. The maximum absolute atomic E-state index is 15.0. The standard InChI is InChI=1S/C68H50F2N2S2/c1-5-41-15-11-17-49-51-19-13-25-61(65(51)73-63(41)49)71(45-31-27-43(69)28-32-45)47-35-37-55-53(39-47)54-40-48(36-38-56(54)68(55)59-23-9-7-21-57(59)67(3,4)58-22-8-10-24-60(58)68)72(46-33-29-44(70)30-34-46)62-26-14-20-52-50-18-12-16-42(6-2)64(50)74-66(52)62/h7-40H,5-6H2,1-4H3. The van der Waals surface area contributed by atoms with Crippen molar-refractivity contribution in [3.05, 3.63) is 262 Å². The molecule has 0 bridgehead atoms. The van der Waals surface area contributed by atoms with E-state index in [0.717, 1.165) is 58.1 Å². The van der Waals surface area contributed by atoms with Gasteiger partial charge in [0.05, 0.1) is 26.2 Å². The minimum absolute atomic E-state index is 0.263. The monoisotopic (exact) mass is 996 g/mol. The van der Waals surface area contributed by atoms with Crippen LogP contribution in [0.15, 0.2) is 206 Å². The van der Waals surface area contributed by atoms with E-state index in [1.165, 1.54) is 84.9 Å². The van der Waals surface area contributed by atoms with Gasteiger partial charge in [-0.2, -0.15) is 0 Å². The molecule has 1 spiro atoms. The molecule has 0 saturated heterocycles. The van der Waals surface area contributed by atoms with Gasteiger partial charge in [-0.05, 0) is 153 Å². The van der Waals surface area contributed by atoms with E-state index in [0.29, 0.717) is 0 Å². The summed E-state index contributed by atoms with van der Waals surface area (Å²) in [5.41, 5.74) is 17.3. The molecule has 74 heavy (non-hydrogen) atoms. The number of hydrogen-bond donors (Lipinski definition) is 0. The van der Waals surface area contributed by atoms with Crippen LogP contribution >= 0.6 is 22.7 Å². The predicted octanol–water partition coefficient (Wildman–Crippen LogP) is 19.8. The Labute approximate surface area is 438 Å². The molecule has 0 amide bonds. The van der Waals surface area contributed by atoms with Gasteiger partial charge < -0.3 is 9.80 Å². The van der Waals surface area contributed by atoms with Gasteiger partial charge in [-0.1, -0.05) is 149 Å². The summed E-state index contributed by atoms with van der Waals surface area (Å²) in [5.74, 6) is -0.557. The van der Waals surface area contributed by atoms with Crippen molar-refractivity contribution >= 4 is 97.1 Å². The number of fused-ring (bicyclic) bond motifs is 15. The lowest BCUT2D eigenvalue weighted by Gasteiger charge is -2.46. The molecule has 2 aliphatic carbocycles. The summed E-state index contributed by atoms with van der Waals surface area (Å²) in [7, 11) is 0. The lowest BCUT2D eigenvalue weighted by atomic mass is 9.55. The highest BCUT2D eigenvalue weighted by atomic mass is 32.1. The number of nitrogens with zero attached hydrogens (tertiary/aromatic N) is 2. The molecule has 0 N–H and O–H groups in total. The van der Waals surface area contributed by atoms with Crippen molar-refractivity contribution in [3.8, 4) is 11.1 Å².